The van der Waals surface area contributed by atoms with Gasteiger partial charge in [-0.05, 0) is 23.9 Å². The van der Waals surface area contributed by atoms with Gasteiger partial charge in [0.05, 0.1) is 19.1 Å². The second kappa shape index (κ2) is 6.45. The van der Waals surface area contributed by atoms with E-state index in [9.17, 15) is 15.0 Å². The summed E-state index contributed by atoms with van der Waals surface area (Å²) in [7, 11) is 0. The number of aliphatic hydroxyl groups excluding tert-OH is 2. The molecule has 0 radical (unpaired) electrons. The van der Waals surface area contributed by atoms with Crippen molar-refractivity contribution in [2.75, 3.05) is 6.61 Å². The van der Waals surface area contributed by atoms with Gasteiger partial charge >= 0.3 is 5.97 Å². The maximum atomic E-state index is 11.3. The highest BCUT2D eigenvalue weighted by Crippen LogP contribution is 2.26. The molecule has 2 unspecified atom stereocenters. The number of hydrogen-bond donors (Lipinski definition) is 2. The lowest BCUT2D eigenvalue weighted by atomic mass is 9.97. The van der Waals surface area contributed by atoms with Gasteiger partial charge in [-0.15, -0.1) is 0 Å². The molecule has 2 N–H and O–H groups in total. The number of nitrogens with zero attached hydrogens (tertiary/aromatic N) is 1. The van der Waals surface area contributed by atoms with Gasteiger partial charge in [0.1, 0.15) is 6.10 Å². The number of carbonyl (C=O) groups excluding carboxylic acids is 1. The van der Waals surface area contributed by atoms with Crippen molar-refractivity contribution in [3.05, 3.63) is 42.2 Å². The minimum atomic E-state index is -1.20. The van der Waals surface area contributed by atoms with Crippen LogP contribution in [0.3, 0.4) is 0 Å². The quantitative estimate of drug-likeness (QED) is 0.810. The summed E-state index contributed by atoms with van der Waals surface area (Å²) in [6, 6.07) is 7.14. The molecule has 2 atom stereocenters. The predicted octanol–water partition coefficient (Wildman–Crippen LogP) is 1.58. The van der Waals surface area contributed by atoms with Crippen molar-refractivity contribution >= 4 is 16.7 Å². The van der Waals surface area contributed by atoms with E-state index in [0.29, 0.717) is 5.56 Å². The summed E-state index contributed by atoms with van der Waals surface area (Å²) in [6.07, 6.45) is 0.717. The highest BCUT2D eigenvalue weighted by atomic mass is 16.5. The highest BCUT2D eigenvalue weighted by Gasteiger charge is 2.23. The van der Waals surface area contributed by atoms with E-state index in [1.807, 2.05) is 6.07 Å². The average Bonchev–Trinajstić information content (AvgIpc) is 2.46. The fourth-order valence-electron chi connectivity index (χ4n) is 2.12. The second-order valence-corrected chi connectivity index (χ2v) is 4.47. The van der Waals surface area contributed by atoms with Crippen LogP contribution in [-0.4, -0.2) is 33.9 Å². The molecule has 1 aromatic heterocycles. The van der Waals surface area contributed by atoms with Crippen molar-refractivity contribution in [2.24, 2.45) is 0 Å². The molecule has 2 aromatic rings. The van der Waals surface area contributed by atoms with E-state index in [4.69, 9.17) is 4.74 Å². The van der Waals surface area contributed by atoms with E-state index in [-0.39, 0.29) is 13.0 Å². The summed E-state index contributed by atoms with van der Waals surface area (Å²) in [6.45, 7) is 1.94. The molecule has 20 heavy (non-hydrogen) atoms. The van der Waals surface area contributed by atoms with Crippen LogP contribution in [0.2, 0.25) is 0 Å². The first kappa shape index (κ1) is 14.4. The molecule has 1 aromatic carbocycles. The number of rotatable bonds is 5. The molecule has 106 valence electrons. The summed E-state index contributed by atoms with van der Waals surface area (Å²) >= 11 is 0. The molecular weight excluding hydrogens is 258 g/mol. The van der Waals surface area contributed by atoms with Gasteiger partial charge in [-0.25, -0.2) is 0 Å². The number of pyridine rings is 1. The van der Waals surface area contributed by atoms with Gasteiger partial charge in [-0.3, -0.25) is 9.78 Å². The maximum absolute atomic E-state index is 11.3. The van der Waals surface area contributed by atoms with Gasteiger partial charge in [-0.2, -0.15) is 0 Å². The summed E-state index contributed by atoms with van der Waals surface area (Å²) in [5, 5.41) is 21.9. The number of esters is 1. The molecule has 0 bridgehead atoms. The van der Waals surface area contributed by atoms with Crippen molar-refractivity contribution in [1.29, 1.82) is 0 Å². The molecule has 0 saturated carbocycles. The number of hydrogen-bond acceptors (Lipinski definition) is 5. The summed E-state index contributed by atoms with van der Waals surface area (Å²) < 4.78 is 4.77. The zero-order valence-corrected chi connectivity index (χ0v) is 11.2. The lowest BCUT2D eigenvalue weighted by molar-refractivity contribution is -0.147. The van der Waals surface area contributed by atoms with Crippen LogP contribution in [0.25, 0.3) is 10.8 Å². The molecule has 0 spiro atoms. The Labute approximate surface area is 116 Å². The zero-order chi connectivity index (χ0) is 14.5. The van der Waals surface area contributed by atoms with Gasteiger partial charge in [-0.1, -0.05) is 18.2 Å². The molecule has 0 aliphatic carbocycles. The van der Waals surface area contributed by atoms with E-state index in [0.717, 1.165) is 10.8 Å². The molecule has 0 amide bonds. The topological polar surface area (TPSA) is 79.7 Å². The third-order valence-corrected chi connectivity index (χ3v) is 3.08. The summed E-state index contributed by atoms with van der Waals surface area (Å²) in [5.41, 5.74) is 0.571. The lowest BCUT2D eigenvalue weighted by Crippen LogP contribution is -2.23. The highest BCUT2D eigenvalue weighted by molar-refractivity contribution is 5.85. The Hall–Kier alpha value is -1.98. The van der Waals surface area contributed by atoms with E-state index < -0.39 is 18.2 Å². The summed E-state index contributed by atoms with van der Waals surface area (Å²) in [5.74, 6) is -0.527. The molecule has 1 heterocycles. The first-order chi connectivity index (χ1) is 9.63. The van der Waals surface area contributed by atoms with Gasteiger partial charge in [0.15, 0.2) is 0 Å². The Morgan fingerprint density at radius 2 is 2.15 bits per heavy atom. The van der Waals surface area contributed by atoms with Crippen LogP contribution in [-0.2, 0) is 9.53 Å². The average molecular weight is 275 g/mol. The van der Waals surface area contributed by atoms with E-state index in [2.05, 4.69) is 4.98 Å². The van der Waals surface area contributed by atoms with Crippen molar-refractivity contribution in [3.63, 3.8) is 0 Å². The molecule has 0 saturated heterocycles. The number of aromatic nitrogens is 1. The third kappa shape index (κ3) is 3.12. The van der Waals surface area contributed by atoms with Crippen molar-refractivity contribution < 1.29 is 19.7 Å². The Balaban J connectivity index is 2.22. The Morgan fingerprint density at radius 3 is 2.90 bits per heavy atom. The van der Waals surface area contributed by atoms with Gasteiger partial charge in [0.2, 0.25) is 0 Å². The molecule has 5 nitrogen and oxygen atoms in total. The van der Waals surface area contributed by atoms with Crippen LogP contribution in [0.15, 0.2) is 36.7 Å². The minimum absolute atomic E-state index is 0.240. The predicted molar refractivity (Wildman–Crippen MR) is 74.0 cm³/mol. The number of carbonyl (C=O) groups is 1. The number of benzene rings is 1. The maximum Gasteiger partial charge on any atom is 0.308 e. The van der Waals surface area contributed by atoms with Gasteiger partial charge in [0.25, 0.3) is 0 Å². The molecule has 2 rings (SSSR count). The van der Waals surface area contributed by atoms with Gasteiger partial charge in [0, 0.05) is 17.8 Å². The smallest absolute Gasteiger partial charge is 0.308 e. The Morgan fingerprint density at radius 1 is 1.35 bits per heavy atom. The first-order valence-corrected chi connectivity index (χ1v) is 6.48. The number of ether oxygens (including phenoxy) is 1. The minimum Gasteiger partial charge on any atom is -0.466 e. The van der Waals surface area contributed by atoms with Gasteiger partial charge < -0.3 is 14.9 Å². The molecular formula is C15H17NO4. The fraction of sp³-hybridized carbons (Fsp3) is 0.333. The van der Waals surface area contributed by atoms with Crippen molar-refractivity contribution in [2.45, 2.75) is 25.6 Å². The Bertz CT molecular complexity index is 594. The normalized spacial score (nSPS) is 13.9. The fourth-order valence-corrected chi connectivity index (χ4v) is 2.12. The monoisotopic (exact) mass is 275 g/mol. The van der Waals surface area contributed by atoms with Crippen molar-refractivity contribution in [3.8, 4) is 0 Å². The van der Waals surface area contributed by atoms with Crippen LogP contribution >= 0.6 is 0 Å². The molecule has 5 heteroatoms. The molecule has 0 aliphatic heterocycles. The van der Waals surface area contributed by atoms with E-state index in [1.54, 1.807) is 37.5 Å². The van der Waals surface area contributed by atoms with E-state index >= 15 is 0 Å². The largest absolute Gasteiger partial charge is 0.466 e. The zero-order valence-electron chi connectivity index (χ0n) is 11.2. The lowest BCUT2D eigenvalue weighted by Gasteiger charge is -2.19. The first-order valence-electron chi connectivity index (χ1n) is 6.48. The van der Waals surface area contributed by atoms with Crippen LogP contribution in [0.1, 0.15) is 25.0 Å². The van der Waals surface area contributed by atoms with Crippen LogP contribution in [0, 0.1) is 0 Å². The van der Waals surface area contributed by atoms with E-state index in [1.165, 1.54) is 0 Å². The van der Waals surface area contributed by atoms with Crippen molar-refractivity contribution in [1.82, 2.24) is 4.98 Å². The van der Waals surface area contributed by atoms with Crippen LogP contribution in [0.4, 0.5) is 0 Å². The number of fused-ring (bicyclic) bond motifs is 1. The Kier molecular flexibility index (Phi) is 4.65. The van der Waals surface area contributed by atoms with Crippen LogP contribution in [0.5, 0.6) is 0 Å². The SMILES string of the molecule is CCOC(=O)CC(O)C(O)c1cccc2cnccc12. The van der Waals surface area contributed by atoms with Crippen LogP contribution < -0.4 is 0 Å². The number of aliphatic hydroxyl groups is 2. The second-order valence-electron chi connectivity index (χ2n) is 4.47. The standard InChI is InChI=1S/C15H17NO4/c1-2-20-14(18)8-13(17)15(19)12-5-3-4-10-9-16-7-6-11(10)12/h3-7,9,13,15,17,19H,2,8H2,1H3. The molecule has 0 fully saturated rings. The molecule has 0 aliphatic rings. The summed E-state index contributed by atoms with van der Waals surface area (Å²) in [4.78, 5) is 15.4. The third-order valence-electron chi connectivity index (χ3n) is 3.08.